The van der Waals surface area contributed by atoms with Gasteiger partial charge in [-0.25, -0.2) is 9.59 Å². The molecular weight excluding hydrogens is 244 g/mol. The van der Waals surface area contributed by atoms with Crippen LogP contribution in [0.5, 0.6) is 0 Å². The molecule has 0 fully saturated rings. The summed E-state index contributed by atoms with van der Waals surface area (Å²) in [5.74, 6) is -1.02. The Labute approximate surface area is 103 Å². The number of urea groups is 1. The summed E-state index contributed by atoms with van der Waals surface area (Å²) >= 11 is 1.57. The van der Waals surface area contributed by atoms with E-state index in [9.17, 15) is 9.59 Å². The molecule has 1 rings (SSSR count). The maximum atomic E-state index is 11.2. The van der Waals surface area contributed by atoms with Crippen molar-refractivity contribution in [3.63, 3.8) is 0 Å². The van der Waals surface area contributed by atoms with E-state index in [2.05, 4.69) is 10.6 Å². The van der Waals surface area contributed by atoms with Crippen LogP contribution in [0.3, 0.4) is 0 Å². The standard InChI is InChI=1S/C10H14N2O4S/c13-9(14)7-16-4-3-11-10(15)12-6-8-2-1-5-17-8/h1-2,5H,3-4,6-7H2,(H,13,14)(H2,11,12,15). The van der Waals surface area contributed by atoms with E-state index in [1.165, 1.54) is 0 Å². The topological polar surface area (TPSA) is 87.7 Å². The molecule has 0 unspecified atom stereocenters. The molecule has 0 bridgehead atoms. The third kappa shape index (κ3) is 6.54. The van der Waals surface area contributed by atoms with Gasteiger partial charge in [-0.2, -0.15) is 0 Å². The molecule has 0 saturated heterocycles. The molecule has 94 valence electrons. The van der Waals surface area contributed by atoms with Crippen molar-refractivity contribution in [1.82, 2.24) is 10.6 Å². The van der Waals surface area contributed by atoms with Gasteiger partial charge in [-0.05, 0) is 11.4 Å². The lowest BCUT2D eigenvalue weighted by molar-refractivity contribution is -0.142. The van der Waals surface area contributed by atoms with Crippen LogP contribution in [-0.4, -0.2) is 36.9 Å². The molecule has 7 heteroatoms. The fraction of sp³-hybridized carbons (Fsp3) is 0.400. The largest absolute Gasteiger partial charge is 0.480 e. The van der Waals surface area contributed by atoms with Crippen LogP contribution in [0.15, 0.2) is 17.5 Å². The average Bonchev–Trinajstić information content (AvgIpc) is 2.78. The number of hydrogen-bond donors (Lipinski definition) is 3. The van der Waals surface area contributed by atoms with Gasteiger partial charge in [0.2, 0.25) is 0 Å². The summed E-state index contributed by atoms with van der Waals surface area (Å²) in [4.78, 5) is 22.4. The van der Waals surface area contributed by atoms with Gasteiger partial charge in [-0.1, -0.05) is 6.07 Å². The fourth-order valence-corrected chi connectivity index (χ4v) is 1.68. The van der Waals surface area contributed by atoms with Crippen LogP contribution >= 0.6 is 11.3 Å². The van der Waals surface area contributed by atoms with Crippen LogP contribution in [0.4, 0.5) is 4.79 Å². The highest BCUT2D eigenvalue weighted by atomic mass is 32.1. The minimum absolute atomic E-state index is 0.179. The van der Waals surface area contributed by atoms with Crippen molar-refractivity contribution in [2.75, 3.05) is 19.8 Å². The lowest BCUT2D eigenvalue weighted by Gasteiger charge is -2.06. The molecule has 1 heterocycles. The molecule has 0 aliphatic rings. The van der Waals surface area contributed by atoms with E-state index < -0.39 is 5.97 Å². The van der Waals surface area contributed by atoms with Gasteiger partial charge in [0.15, 0.2) is 0 Å². The van der Waals surface area contributed by atoms with E-state index >= 15 is 0 Å². The number of aliphatic carboxylic acids is 1. The number of amides is 2. The third-order valence-corrected chi connectivity index (χ3v) is 2.64. The van der Waals surface area contributed by atoms with Gasteiger partial charge >= 0.3 is 12.0 Å². The normalized spacial score (nSPS) is 9.88. The van der Waals surface area contributed by atoms with E-state index in [4.69, 9.17) is 9.84 Å². The number of carboxylic acid groups (broad SMARTS) is 1. The maximum Gasteiger partial charge on any atom is 0.329 e. The average molecular weight is 258 g/mol. The van der Waals surface area contributed by atoms with Crippen molar-refractivity contribution in [2.24, 2.45) is 0 Å². The Hall–Kier alpha value is -1.60. The molecule has 0 atom stereocenters. The molecule has 6 nitrogen and oxygen atoms in total. The Morgan fingerprint density at radius 3 is 2.88 bits per heavy atom. The van der Waals surface area contributed by atoms with Gasteiger partial charge in [-0.15, -0.1) is 11.3 Å². The van der Waals surface area contributed by atoms with Crippen molar-refractivity contribution in [2.45, 2.75) is 6.54 Å². The van der Waals surface area contributed by atoms with E-state index in [0.717, 1.165) is 4.88 Å². The molecule has 0 aromatic carbocycles. The van der Waals surface area contributed by atoms with Crippen LogP contribution in [0.1, 0.15) is 4.88 Å². The van der Waals surface area contributed by atoms with E-state index in [1.807, 2.05) is 17.5 Å². The molecule has 0 aliphatic carbocycles. The minimum Gasteiger partial charge on any atom is -0.480 e. The second kappa shape index (κ2) is 7.64. The lowest BCUT2D eigenvalue weighted by atomic mass is 10.5. The molecule has 3 N–H and O–H groups in total. The van der Waals surface area contributed by atoms with Gasteiger partial charge < -0.3 is 20.5 Å². The number of thiophene rings is 1. The summed E-state index contributed by atoms with van der Waals surface area (Å²) in [7, 11) is 0. The van der Waals surface area contributed by atoms with Crippen molar-refractivity contribution < 1.29 is 19.4 Å². The van der Waals surface area contributed by atoms with Crippen molar-refractivity contribution in [3.05, 3.63) is 22.4 Å². The van der Waals surface area contributed by atoms with Crippen LogP contribution in [0.25, 0.3) is 0 Å². The second-order valence-electron chi connectivity index (χ2n) is 3.14. The highest BCUT2D eigenvalue weighted by Crippen LogP contribution is 2.06. The first-order chi connectivity index (χ1) is 8.18. The number of hydrogen-bond acceptors (Lipinski definition) is 4. The van der Waals surface area contributed by atoms with E-state index in [1.54, 1.807) is 11.3 Å². The molecule has 0 spiro atoms. The number of carbonyl (C=O) groups excluding carboxylic acids is 1. The number of carbonyl (C=O) groups is 2. The van der Waals surface area contributed by atoms with Gasteiger partial charge in [0.25, 0.3) is 0 Å². The number of nitrogens with one attached hydrogen (secondary N) is 2. The highest BCUT2D eigenvalue weighted by molar-refractivity contribution is 7.09. The number of ether oxygens (including phenoxy) is 1. The smallest absolute Gasteiger partial charge is 0.329 e. The number of carboxylic acids is 1. The summed E-state index contributed by atoms with van der Waals surface area (Å²) in [5, 5.41) is 15.5. The molecule has 1 aromatic rings. The van der Waals surface area contributed by atoms with Crippen LogP contribution in [0.2, 0.25) is 0 Å². The second-order valence-corrected chi connectivity index (χ2v) is 4.17. The Bertz CT molecular complexity index is 353. The summed E-state index contributed by atoms with van der Waals surface area (Å²) in [6.07, 6.45) is 0. The quantitative estimate of drug-likeness (QED) is 0.627. The Morgan fingerprint density at radius 2 is 2.24 bits per heavy atom. The van der Waals surface area contributed by atoms with Crippen molar-refractivity contribution >= 4 is 23.3 Å². The van der Waals surface area contributed by atoms with Crippen molar-refractivity contribution in [3.8, 4) is 0 Å². The van der Waals surface area contributed by atoms with Gasteiger partial charge in [0.05, 0.1) is 13.2 Å². The number of rotatable bonds is 7. The third-order valence-electron chi connectivity index (χ3n) is 1.76. The van der Waals surface area contributed by atoms with E-state index in [0.29, 0.717) is 6.54 Å². The van der Waals surface area contributed by atoms with Crippen LogP contribution < -0.4 is 10.6 Å². The first-order valence-corrected chi connectivity index (χ1v) is 5.90. The van der Waals surface area contributed by atoms with Crippen molar-refractivity contribution in [1.29, 1.82) is 0 Å². The van der Waals surface area contributed by atoms with Crippen LogP contribution in [0, 0.1) is 0 Å². The zero-order valence-corrected chi connectivity index (χ0v) is 9.96. The SMILES string of the molecule is O=C(O)COCCNC(=O)NCc1cccs1. The Kier molecular flexibility index (Phi) is 6.05. The summed E-state index contributed by atoms with van der Waals surface area (Å²) in [6, 6.07) is 3.55. The lowest BCUT2D eigenvalue weighted by Crippen LogP contribution is -2.36. The summed E-state index contributed by atoms with van der Waals surface area (Å²) in [5.41, 5.74) is 0. The Morgan fingerprint density at radius 1 is 1.41 bits per heavy atom. The van der Waals surface area contributed by atoms with Crippen LogP contribution in [-0.2, 0) is 16.1 Å². The minimum atomic E-state index is -1.02. The van der Waals surface area contributed by atoms with Gasteiger partial charge in [-0.3, -0.25) is 0 Å². The fourth-order valence-electron chi connectivity index (χ4n) is 1.04. The summed E-state index contributed by atoms with van der Waals surface area (Å²) in [6.45, 7) is 0.597. The van der Waals surface area contributed by atoms with E-state index in [-0.39, 0.29) is 25.8 Å². The molecule has 0 radical (unpaired) electrons. The zero-order valence-electron chi connectivity index (χ0n) is 9.14. The molecule has 0 aliphatic heterocycles. The first kappa shape index (κ1) is 13.5. The molecular formula is C10H14N2O4S. The monoisotopic (exact) mass is 258 g/mol. The maximum absolute atomic E-state index is 11.2. The molecule has 2 amide bonds. The van der Waals surface area contributed by atoms with Gasteiger partial charge in [0.1, 0.15) is 6.61 Å². The van der Waals surface area contributed by atoms with Gasteiger partial charge in [0, 0.05) is 11.4 Å². The molecule has 1 aromatic heterocycles. The first-order valence-electron chi connectivity index (χ1n) is 5.02. The predicted octanol–water partition coefficient (Wildman–Crippen LogP) is 0.649. The Balaban J connectivity index is 2.00. The zero-order chi connectivity index (χ0) is 12.5. The highest BCUT2D eigenvalue weighted by Gasteiger charge is 2.01. The molecule has 0 saturated carbocycles. The molecule has 17 heavy (non-hydrogen) atoms. The summed E-state index contributed by atoms with van der Waals surface area (Å²) < 4.78 is 4.76. The predicted molar refractivity (Wildman–Crippen MR) is 63.0 cm³/mol.